The molecule has 0 aromatic heterocycles. The van der Waals surface area contributed by atoms with Crippen molar-refractivity contribution in [1.29, 1.82) is 0 Å². The van der Waals surface area contributed by atoms with Gasteiger partial charge in [0.15, 0.2) is 0 Å². The topological polar surface area (TPSA) is 121 Å². The van der Waals surface area contributed by atoms with E-state index in [4.69, 9.17) is 4.74 Å². The quantitative estimate of drug-likeness (QED) is 0.520. The normalized spacial score (nSPS) is 25.2. The summed E-state index contributed by atoms with van der Waals surface area (Å²) in [6.45, 7) is 2.99. The predicted octanol–water partition coefficient (Wildman–Crippen LogP) is 0.0465. The van der Waals surface area contributed by atoms with Gasteiger partial charge in [0.25, 0.3) is 5.91 Å². The van der Waals surface area contributed by atoms with Crippen molar-refractivity contribution in [2.24, 2.45) is 5.10 Å². The van der Waals surface area contributed by atoms with Crippen molar-refractivity contribution >= 4 is 22.7 Å². The monoisotopic (exact) mass is 467 g/mol. The van der Waals surface area contributed by atoms with Crippen molar-refractivity contribution < 1.29 is 18.3 Å². The van der Waals surface area contributed by atoms with Crippen molar-refractivity contribution in [3.8, 4) is 0 Å². The molecular weight excluding hydrogens is 444 g/mol. The lowest BCUT2D eigenvalue weighted by molar-refractivity contribution is -0.118. The van der Waals surface area contributed by atoms with E-state index in [1.54, 1.807) is 41.6 Å². The number of hydrogen-bond acceptors (Lipinski definition) is 9. The van der Waals surface area contributed by atoms with Crippen LogP contribution in [0.1, 0.15) is 5.56 Å². The van der Waals surface area contributed by atoms with E-state index in [1.807, 2.05) is 18.2 Å². The molecule has 4 heterocycles. The molecule has 0 bridgehead atoms. The van der Waals surface area contributed by atoms with Crippen LogP contribution in [-0.4, -0.2) is 68.9 Å². The van der Waals surface area contributed by atoms with Gasteiger partial charge in [-0.25, -0.2) is 5.01 Å². The Hall–Kier alpha value is -3.25. The van der Waals surface area contributed by atoms with E-state index in [0.717, 1.165) is 13.1 Å². The summed E-state index contributed by atoms with van der Waals surface area (Å²) in [7, 11) is 0. The van der Waals surface area contributed by atoms with Crippen LogP contribution < -0.4 is 16.0 Å². The molecule has 0 aliphatic carbocycles. The predicted molar refractivity (Wildman–Crippen MR) is 121 cm³/mol. The van der Waals surface area contributed by atoms with Gasteiger partial charge in [0.1, 0.15) is 23.8 Å². The average Bonchev–Trinajstić information content (AvgIpc) is 3.28. The molecule has 5 rings (SSSR count). The fourth-order valence-corrected chi connectivity index (χ4v) is 4.56. The molecule has 10 nitrogen and oxygen atoms in total. The number of dihydropyridines is 1. The number of allylic oxidation sites excluding steroid dienone is 3. The molecule has 3 unspecified atom stereocenters. The number of carbonyl (C=O) groups excluding carboxylic acids is 1. The Balaban J connectivity index is 1.30. The summed E-state index contributed by atoms with van der Waals surface area (Å²) >= 11 is -2.40. The smallest absolute Gasteiger partial charge is 0.276 e. The number of nitrogens with one attached hydrogen (secondary N) is 3. The number of hydrogen-bond donors (Lipinski definition) is 3. The first-order valence-corrected chi connectivity index (χ1v) is 11.7. The highest BCUT2D eigenvalue weighted by atomic mass is 32.2. The minimum absolute atomic E-state index is 0.0235. The van der Waals surface area contributed by atoms with Gasteiger partial charge >= 0.3 is 0 Å². The van der Waals surface area contributed by atoms with E-state index in [2.05, 4.69) is 26.0 Å². The molecular formula is C22H23N6O4S-. The number of fused-ring (bicyclic) bond motifs is 1. The largest absolute Gasteiger partial charge is 0.768 e. The maximum Gasteiger partial charge on any atom is 0.276 e. The zero-order valence-electron chi connectivity index (χ0n) is 17.6. The maximum atomic E-state index is 13.1. The first-order chi connectivity index (χ1) is 16.1. The second-order valence-corrected chi connectivity index (χ2v) is 8.63. The van der Waals surface area contributed by atoms with Crippen LogP contribution in [-0.2, 0) is 20.6 Å². The highest BCUT2D eigenvalue weighted by Crippen LogP contribution is 2.24. The van der Waals surface area contributed by atoms with Crippen molar-refractivity contribution in [3.63, 3.8) is 0 Å². The van der Waals surface area contributed by atoms with Crippen LogP contribution in [0.3, 0.4) is 0 Å². The molecule has 1 aromatic rings. The number of amides is 1. The number of nitrogens with zero attached hydrogens (tertiary/aromatic N) is 3. The number of hydrazone groups is 1. The zero-order valence-corrected chi connectivity index (χ0v) is 18.5. The number of ether oxygens (including phenoxy) is 1. The van der Waals surface area contributed by atoms with Gasteiger partial charge in [0.05, 0.1) is 18.9 Å². The van der Waals surface area contributed by atoms with Gasteiger partial charge in [-0.05, 0) is 41.5 Å². The highest BCUT2D eigenvalue weighted by molar-refractivity contribution is 7.79. The summed E-state index contributed by atoms with van der Waals surface area (Å²) in [5, 5.41) is 15.5. The molecule has 1 amide bonds. The molecule has 11 heteroatoms. The van der Waals surface area contributed by atoms with E-state index in [0.29, 0.717) is 36.0 Å². The first kappa shape index (κ1) is 21.6. The molecule has 33 heavy (non-hydrogen) atoms. The Kier molecular flexibility index (Phi) is 6.09. The van der Waals surface area contributed by atoms with Gasteiger partial charge < -0.3 is 25.2 Å². The Morgan fingerprint density at radius 3 is 2.85 bits per heavy atom. The second-order valence-electron chi connectivity index (χ2n) is 7.72. The van der Waals surface area contributed by atoms with Crippen molar-refractivity contribution in [2.75, 3.05) is 26.3 Å². The van der Waals surface area contributed by atoms with Gasteiger partial charge in [-0.2, -0.15) is 5.10 Å². The lowest BCUT2D eigenvalue weighted by Crippen LogP contribution is -2.52. The van der Waals surface area contributed by atoms with E-state index in [9.17, 15) is 13.6 Å². The molecule has 0 radical (unpaired) electrons. The maximum absolute atomic E-state index is 13.1. The highest BCUT2D eigenvalue weighted by Gasteiger charge is 2.32. The van der Waals surface area contributed by atoms with Crippen molar-refractivity contribution in [1.82, 2.24) is 25.9 Å². The van der Waals surface area contributed by atoms with E-state index < -0.39 is 11.1 Å². The van der Waals surface area contributed by atoms with Crippen LogP contribution in [0.2, 0.25) is 0 Å². The summed E-state index contributed by atoms with van der Waals surface area (Å²) in [5.41, 5.74) is 1.25. The van der Waals surface area contributed by atoms with Gasteiger partial charge in [-0.3, -0.25) is 13.9 Å². The molecule has 172 valence electrons. The molecule has 0 saturated carbocycles. The van der Waals surface area contributed by atoms with E-state index in [1.165, 1.54) is 6.07 Å². The number of rotatable bonds is 5. The van der Waals surface area contributed by atoms with Crippen LogP contribution in [0, 0.1) is 0 Å². The SMILES string of the molecule is O=C(NC1=CC=CC(N2CCOCC2)N1)C1=CNC2C=CC(c3ccccc3S(=O)[O-])=NN12. The van der Waals surface area contributed by atoms with Gasteiger partial charge in [-0.15, -0.1) is 0 Å². The summed E-state index contributed by atoms with van der Waals surface area (Å²) < 4.78 is 28.6. The Bertz CT molecular complexity index is 1120. The second kappa shape index (κ2) is 9.32. The van der Waals surface area contributed by atoms with E-state index in [-0.39, 0.29) is 23.1 Å². The number of benzene rings is 1. The summed E-state index contributed by atoms with van der Waals surface area (Å²) in [5.74, 6) is 0.256. The molecule has 1 saturated heterocycles. The van der Waals surface area contributed by atoms with Crippen LogP contribution in [0.25, 0.3) is 0 Å². The fraction of sp³-hybridized carbons (Fsp3) is 0.273. The van der Waals surface area contributed by atoms with Crippen LogP contribution in [0.15, 0.2) is 82.4 Å². The summed E-state index contributed by atoms with van der Waals surface area (Å²) in [6, 6.07) is 6.62. The number of morpholine rings is 1. The summed E-state index contributed by atoms with van der Waals surface area (Å²) in [4.78, 5) is 15.5. The van der Waals surface area contributed by atoms with Crippen molar-refractivity contribution in [3.05, 3.63) is 77.9 Å². The lowest BCUT2D eigenvalue weighted by Gasteiger charge is -2.35. The lowest BCUT2D eigenvalue weighted by atomic mass is 10.1. The Morgan fingerprint density at radius 1 is 1.21 bits per heavy atom. The van der Waals surface area contributed by atoms with Crippen LogP contribution >= 0.6 is 0 Å². The van der Waals surface area contributed by atoms with Crippen LogP contribution in [0.5, 0.6) is 0 Å². The fourth-order valence-electron chi connectivity index (χ4n) is 4.02. The van der Waals surface area contributed by atoms with Crippen molar-refractivity contribution in [2.45, 2.75) is 17.2 Å². The third kappa shape index (κ3) is 4.48. The summed E-state index contributed by atoms with van der Waals surface area (Å²) in [6.07, 6.45) is 10.6. The first-order valence-electron chi connectivity index (χ1n) is 10.6. The molecule has 4 aliphatic rings. The minimum Gasteiger partial charge on any atom is -0.768 e. The molecule has 1 aromatic carbocycles. The van der Waals surface area contributed by atoms with Gasteiger partial charge in [0.2, 0.25) is 0 Å². The van der Waals surface area contributed by atoms with E-state index >= 15 is 0 Å². The van der Waals surface area contributed by atoms with Crippen LogP contribution in [0.4, 0.5) is 0 Å². The van der Waals surface area contributed by atoms with Gasteiger partial charge in [0, 0.05) is 29.7 Å². The standard InChI is InChI=1S/C22H24N6O4S/c29-22(25-19-6-3-7-21(24-19)27-10-12-32-13-11-27)17-14-23-20-9-8-16(26-28(17)20)15-4-1-2-5-18(15)33(30)31/h1-9,14,20-21,23-24H,10-13H2,(H,25,29)(H,30,31)/p-1. The Morgan fingerprint density at radius 2 is 2.03 bits per heavy atom. The molecule has 1 fully saturated rings. The minimum atomic E-state index is -2.40. The number of carbonyl (C=O) groups is 1. The molecule has 0 spiro atoms. The Labute approximate surface area is 193 Å². The zero-order chi connectivity index (χ0) is 22.8. The average molecular weight is 468 g/mol. The molecule has 3 atom stereocenters. The third-order valence-corrected chi connectivity index (χ3v) is 6.39. The van der Waals surface area contributed by atoms with Gasteiger partial charge in [-0.1, -0.05) is 24.3 Å². The third-order valence-electron chi connectivity index (χ3n) is 5.68. The molecule has 3 N–H and O–H groups in total. The molecule has 4 aliphatic heterocycles.